The van der Waals surface area contributed by atoms with Crippen molar-refractivity contribution in [3.05, 3.63) is 48.1 Å². The third-order valence-corrected chi connectivity index (χ3v) is 5.11. The zero-order chi connectivity index (χ0) is 26.4. The Hall–Kier alpha value is -1.08. The minimum atomic E-state index is 0.855. The lowest BCUT2D eigenvalue weighted by atomic mass is 9.92. The van der Waals surface area contributed by atoms with Gasteiger partial charge in [0, 0.05) is 0 Å². The molecule has 0 aliphatic heterocycles. The predicted molar refractivity (Wildman–Crippen MR) is 164 cm³/mol. The Morgan fingerprint density at radius 1 is 1.03 bits per heavy atom. The molecule has 0 amide bonds. The standard InChI is InChI=1S/C8H12S.C8H18.C7H12.C4H8.2C2H6/c1-4-5-6-8(2)7-9-3;1-5-7(3)8(4)6-2;1-7-5-3-2-4-6-7;1-4(2)3;2*1-2/h4-7H,3H2,1-2H3;7-8H,5-6H2,1-4H3;3,5,7H,2,4,6H2,1H3;1H2,2-3H3;2*1-2H3/b5-4-,8-6-;;;;;. The Labute approximate surface area is 209 Å². The normalized spacial score (nSPS) is 15.8. The van der Waals surface area contributed by atoms with E-state index in [1.807, 2.05) is 66.0 Å². The summed E-state index contributed by atoms with van der Waals surface area (Å²) in [5.74, 6) is 6.32. The van der Waals surface area contributed by atoms with Gasteiger partial charge in [-0.05, 0) is 81.5 Å². The molecule has 1 aliphatic rings. The second-order valence-corrected chi connectivity index (χ2v) is 8.60. The Bertz CT molecular complexity index is 475. The minimum absolute atomic E-state index is 0.855. The number of rotatable bonds is 5. The maximum Gasteiger partial charge on any atom is -0.00705 e. The van der Waals surface area contributed by atoms with Gasteiger partial charge in [0.25, 0.3) is 0 Å². The van der Waals surface area contributed by atoms with Crippen molar-refractivity contribution in [3.63, 3.8) is 0 Å². The first-order valence-electron chi connectivity index (χ1n) is 13.0. The van der Waals surface area contributed by atoms with E-state index in [4.69, 9.17) is 0 Å². The molecule has 0 spiro atoms. The van der Waals surface area contributed by atoms with E-state index < -0.39 is 0 Å². The van der Waals surface area contributed by atoms with Crippen molar-refractivity contribution < 1.29 is 0 Å². The molecule has 0 aromatic carbocycles. The lowest BCUT2D eigenvalue weighted by Crippen LogP contribution is -2.04. The summed E-state index contributed by atoms with van der Waals surface area (Å²) in [7, 11) is 1.48. The van der Waals surface area contributed by atoms with Crippen LogP contribution in [0.1, 0.15) is 122 Å². The molecule has 0 radical (unpaired) electrons. The van der Waals surface area contributed by atoms with Crippen LogP contribution in [0.25, 0.3) is 0 Å². The quantitative estimate of drug-likeness (QED) is 0.163. The van der Waals surface area contributed by atoms with Crippen molar-refractivity contribution >= 4 is 22.2 Å². The number of allylic oxidation sites excluding steroid dienone is 7. The van der Waals surface area contributed by atoms with Crippen molar-refractivity contribution in [1.82, 2.24) is 0 Å². The Balaban J connectivity index is -0.0000000984. The second-order valence-electron chi connectivity index (χ2n) is 8.04. The van der Waals surface area contributed by atoms with Crippen LogP contribution >= 0.6 is 10.9 Å². The van der Waals surface area contributed by atoms with Crippen LogP contribution in [0.15, 0.2) is 48.1 Å². The molecule has 32 heavy (non-hydrogen) atoms. The van der Waals surface area contributed by atoms with E-state index in [9.17, 15) is 0 Å². The molecule has 1 aliphatic carbocycles. The van der Waals surface area contributed by atoms with Gasteiger partial charge in [-0.3, -0.25) is 0 Å². The van der Waals surface area contributed by atoms with Crippen molar-refractivity contribution in [3.8, 4) is 0 Å². The molecule has 0 nitrogen and oxygen atoms in total. The van der Waals surface area contributed by atoms with E-state index in [1.54, 1.807) is 0 Å². The van der Waals surface area contributed by atoms with Gasteiger partial charge in [-0.2, -0.15) is 10.9 Å². The van der Waals surface area contributed by atoms with Gasteiger partial charge in [-0.1, -0.05) is 111 Å². The van der Waals surface area contributed by atoms with Crippen LogP contribution in [0, 0.1) is 17.8 Å². The van der Waals surface area contributed by atoms with Crippen LogP contribution in [0.5, 0.6) is 0 Å². The molecule has 0 N–H and O–H groups in total. The fraction of sp³-hybridized carbons (Fsp3) is 0.677. The van der Waals surface area contributed by atoms with Crippen LogP contribution in [-0.2, 0) is 0 Å². The highest BCUT2D eigenvalue weighted by atomic mass is 32.1. The molecule has 0 heterocycles. The van der Waals surface area contributed by atoms with E-state index in [0.29, 0.717) is 0 Å². The molecule has 3 unspecified atom stereocenters. The summed E-state index contributed by atoms with van der Waals surface area (Å²) >= 11 is 0. The van der Waals surface area contributed by atoms with Gasteiger partial charge in [0.2, 0.25) is 0 Å². The molecule has 0 saturated carbocycles. The summed E-state index contributed by atoms with van der Waals surface area (Å²) in [4.78, 5) is 0. The minimum Gasteiger partial charge on any atom is -0.160 e. The average molecular weight is 467 g/mol. The second kappa shape index (κ2) is 37.2. The first-order chi connectivity index (χ1) is 15.2. The zero-order valence-electron chi connectivity index (χ0n) is 24.6. The highest BCUT2D eigenvalue weighted by Gasteiger charge is 2.05. The Kier molecular flexibility index (Phi) is 48.0. The average Bonchev–Trinajstić information content (AvgIpc) is 2.80. The van der Waals surface area contributed by atoms with E-state index in [2.05, 4.69) is 72.2 Å². The molecule has 0 aromatic rings. The third-order valence-electron chi connectivity index (χ3n) is 4.57. The van der Waals surface area contributed by atoms with Crippen LogP contribution < -0.4 is 0 Å². The number of hydrogen-bond donors (Lipinski definition) is 0. The fourth-order valence-corrected chi connectivity index (χ4v) is 2.55. The summed E-state index contributed by atoms with van der Waals surface area (Å²) < 4.78 is 0. The van der Waals surface area contributed by atoms with E-state index in [0.717, 1.165) is 17.8 Å². The molecule has 192 valence electrons. The van der Waals surface area contributed by atoms with Gasteiger partial charge in [-0.15, -0.1) is 6.58 Å². The lowest BCUT2D eigenvalue weighted by molar-refractivity contribution is 0.367. The first-order valence-corrected chi connectivity index (χ1v) is 14.0. The topological polar surface area (TPSA) is 0 Å². The molecule has 0 fully saturated rings. The largest absolute Gasteiger partial charge is 0.160 e. The van der Waals surface area contributed by atoms with Gasteiger partial charge in [0.05, 0.1) is 0 Å². The fourth-order valence-electron chi connectivity index (χ4n) is 2.21. The van der Waals surface area contributed by atoms with Crippen molar-refractivity contribution in [2.45, 2.75) is 122 Å². The third kappa shape index (κ3) is 46.9. The van der Waals surface area contributed by atoms with Crippen molar-refractivity contribution in [1.29, 1.82) is 0 Å². The Morgan fingerprint density at radius 2 is 1.47 bits per heavy atom. The smallest absolute Gasteiger partial charge is 0.00705 e. The van der Waals surface area contributed by atoms with Crippen LogP contribution in [0.2, 0.25) is 0 Å². The highest BCUT2D eigenvalue weighted by molar-refractivity contribution is 7.95. The van der Waals surface area contributed by atoms with Crippen molar-refractivity contribution in [2.75, 3.05) is 0 Å². The van der Waals surface area contributed by atoms with Gasteiger partial charge >= 0.3 is 0 Å². The summed E-state index contributed by atoms with van der Waals surface area (Å²) in [5, 5.41) is 2.01. The molecular weight excluding hydrogens is 404 g/mol. The molecule has 0 bridgehead atoms. The zero-order valence-corrected chi connectivity index (χ0v) is 25.4. The Morgan fingerprint density at radius 3 is 1.69 bits per heavy atom. The predicted octanol–water partition coefficient (Wildman–Crippen LogP) is 11.6. The number of hydrogen-bond acceptors (Lipinski definition) is 0. The molecule has 1 rings (SSSR count). The van der Waals surface area contributed by atoms with Gasteiger partial charge in [0.15, 0.2) is 0 Å². The molecular formula is C31H62S. The van der Waals surface area contributed by atoms with Crippen molar-refractivity contribution in [2.24, 2.45) is 17.8 Å². The SMILES string of the molecule is C=C(C)C.C=S=C/C(C)=C\C=C/C.CC.CC.CC1C=CCCC1.CCC(C)C(C)CC. The first kappa shape index (κ1) is 41.2. The van der Waals surface area contributed by atoms with Crippen LogP contribution in [0.4, 0.5) is 0 Å². The highest BCUT2D eigenvalue weighted by Crippen LogP contribution is 2.16. The van der Waals surface area contributed by atoms with Gasteiger partial charge < -0.3 is 0 Å². The lowest BCUT2D eigenvalue weighted by Gasteiger charge is -2.14. The monoisotopic (exact) mass is 466 g/mol. The summed E-state index contributed by atoms with van der Waals surface area (Å²) in [6.45, 7) is 31.0. The summed E-state index contributed by atoms with van der Waals surface area (Å²) in [6, 6.07) is 0. The molecule has 0 aromatic heterocycles. The van der Waals surface area contributed by atoms with Crippen LogP contribution in [0.3, 0.4) is 0 Å². The van der Waals surface area contributed by atoms with Gasteiger partial charge in [0.1, 0.15) is 0 Å². The summed E-state index contributed by atoms with van der Waals surface area (Å²) in [5.41, 5.74) is 2.41. The van der Waals surface area contributed by atoms with E-state index in [1.165, 1.54) is 54.2 Å². The van der Waals surface area contributed by atoms with Crippen LogP contribution in [-0.4, -0.2) is 11.2 Å². The molecule has 0 saturated heterocycles. The summed E-state index contributed by atoms with van der Waals surface area (Å²) in [6.07, 6.45) is 17.4. The van der Waals surface area contributed by atoms with E-state index >= 15 is 0 Å². The molecule has 1 heteroatoms. The van der Waals surface area contributed by atoms with E-state index in [-0.39, 0.29) is 0 Å². The maximum absolute atomic E-state index is 3.63. The molecule has 3 atom stereocenters. The maximum atomic E-state index is 3.63. The van der Waals surface area contributed by atoms with Gasteiger partial charge in [-0.25, -0.2) is 0 Å².